The van der Waals surface area contributed by atoms with Gasteiger partial charge in [0, 0.05) is 32.9 Å². The zero-order valence-electron chi connectivity index (χ0n) is 15.0. The smallest absolute Gasteiger partial charge is 0.0399 e. The van der Waals surface area contributed by atoms with Gasteiger partial charge in [-0.05, 0) is 56.8 Å². The largest absolute Gasteiger partial charge is 0.0979 e. The van der Waals surface area contributed by atoms with E-state index in [0.717, 1.165) is 32.9 Å². The Morgan fingerprint density at radius 2 is 1.08 bits per heavy atom. The lowest BCUT2D eigenvalue weighted by molar-refractivity contribution is 0.679. The maximum absolute atomic E-state index is 3.63. The number of hydrogen-bond acceptors (Lipinski definition) is 0. The molecule has 0 N–H and O–H groups in total. The van der Waals surface area contributed by atoms with E-state index in [4.69, 9.17) is 0 Å². The van der Waals surface area contributed by atoms with Crippen molar-refractivity contribution in [3.05, 3.63) is 32.2 Å². The second-order valence-corrected chi connectivity index (χ2v) is 7.75. The molecule has 0 amide bonds. The van der Waals surface area contributed by atoms with Crippen LogP contribution in [0.15, 0.2) is 21.1 Å². The molecule has 0 radical (unpaired) electrons. The first kappa shape index (κ1) is 21.3. The molecule has 0 nitrogen and oxygen atoms in total. The normalized spacial score (nSPS) is 9.83. The van der Waals surface area contributed by atoms with Crippen LogP contribution < -0.4 is 0 Å². The van der Waals surface area contributed by atoms with Gasteiger partial charge in [-0.1, -0.05) is 76.1 Å². The predicted molar refractivity (Wildman–Crippen MR) is 113 cm³/mol. The van der Waals surface area contributed by atoms with Crippen molar-refractivity contribution in [2.24, 2.45) is 0 Å². The van der Waals surface area contributed by atoms with Crippen LogP contribution in [0.4, 0.5) is 0 Å². The van der Waals surface area contributed by atoms with Crippen molar-refractivity contribution in [2.75, 3.05) is 0 Å². The van der Waals surface area contributed by atoms with Gasteiger partial charge in [0.2, 0.25) is 0 Å². The van der Waals surface area contributed by atoms with Crippen LogP contribution >= 0.6 is 31.9 Å². The van der Waals surface area contributed by atoms with Gasteiger partial charge in [0.25, 0.3) is 0 Å². The maximum Gasteiger partial charge on any atom is 0.0399 e. The Kier molecular flexibility index (Phi) is 12.1. The molecule has 0 unspecified atom stereocenters. The molecule has 0 bridgehead atoms. The number of unbranched alkanes of at least 4 members (excludes halogenated alkanes) is 8. The first-order valence-electron chi connectivity index (χ1n) is 9.15. The molecule has 0 atom stereocenters. The molecule has 1 rings (SSSR count). The molecule has 0 aliphatic rings. The third-order valence-electron chi connectivity index (χ3n) is 3.81. The maximum atomic E-state index is 3.63. The van der Waals surface area contributed by atoms with Crippen molar-refractivity contribution in [3.8, 4) is 23.7 Å². The summed E-state index contributed by atoms with van der Waals surface area (Å²) in [7, 11) is 0. The Labute approximate surface area is 165 Å². The van der Waals surface area contributed by atoms with Gasteiger partial charge in [-0.2, -0.15) is 0 Å². The van der Waals surface area contributed by atoms with E-state index in [1.54, 1.807) is 0 Å². The first-order valence-corrected chi connectivity index (χ1v) is 10.7. The second-order valence-electron chi connectivity index (χ2n) is 6.04. The predicted octanol–water partition coefficient (Wildman–Crippen LogP) is 7.86. The van der Waals surface area contributed by atoms with E-state index in [1.165, 1.54) is 51.4 Å². The molecule has 0 spiro atoms. The molecule has 0 aromatic heterocycles. The van der Waals surface area contributed by atoms with Crippen LogP contribution in [0.2, 0.25) is 0 Å². The first-order chi connectivity index (χ1) is 11.7. The SMILES string of the molecule is CCCCCCC#Cc1cc(Br)c(C#CCCCCCC)cc1Br. The van der Waals surface area contributed by atoms with Gasteiger partial charge < -0.3 is 0 Å². The van der Waals surface area contributed by atoms with Gasteiger partial charge >= 0.3 is 0 Å². The number of halogens is 2. The average molecular weight is 452 g/mol. The number of hydrogen-bond donors (Lipinski definition) is 0. The monoisotopic (exact) mass is 450 g/mol. The Bertz CT molecular complexity index is 553. The highest BCUT2D eigenvalue weighted by molar-refractivity contribution is 9.11. The average Bonchev–Trinajstić information content (AvgIpc) is 2.57. The highest BCUT2D eigenvalue weighted by Crippen LogP contribution is 2.25. The van der Waals surface area contributed by atoms with Gasteiger partial charge in [0.05, 0.1) is 0 Å². The molecular formula is C22H28Br2. The van der Waals surface area contributed by atoms with Gasteiger partial charge in [0.15, 0.2) is 0 Å². The van der Waals surface area contributed by atoms with Crippen molar-refractivity contribution in [2.45, 2.75) is 78.1 Å². The van der Waals surface area contributed by atoms with Crippen molar-refractivity contribution >= 4 is 31.9 Å². The van der Waals surface area contributed by atoms with E-state index in [0.29, 0.717) is 0 Å². The summed E-state index contributed by atoms with van der Waals surface area (Å²) in [4.78, 5) is 0. The molecule has 1 aromatic carbocycles. The van der Waals surface area contributed by atoms with Crippen molar-refractivity contribution in [3.63, 3.8) is 0 Å². The summed E-state index contributed by atoms with van der Waals surface area (Å²) >= 11 is 7.25. The Balaban J connectivity index is 2.59. The van der Waals surface area contributed by atoms with Crippen LogP contribution in [0.1, 0.15) is 89.2 Å². The van der Waals surface area contributed by atoms with Crippen molar-refractivity contribution in [1.29, 1.82) is 0 Å². The van der Waals surface area contributed by atoms with Gasteiger partial charge in [-0.15, -0.1) is 0 Å². The fourth-order valence-corrected chi connectivity index (χ4v) is 3.22. The molecule has 130 valence electrons. The number of rotatable bonds is 8. The highest BCUT2D eigenvalue weighted by Gasteiger charge is 2.03. The molecule has 24 heavy (non-hydrogen) atoms. The minimum Gasteiger partial charge on any atom is -0.0979 e. The standard InChI is InChI=1S/C22H28Br2/c1-3-5-7-9-11-13-15-19-17-22(24)20(18-21(19)23)16-14-12-10-8-6-4-2/h17-18H,3-12H2,1-2H3. The molecule has 0 aliphatic carbocycles. The fraction of sp³-hybridized carbons (Fsp3) is 0.545. The minimum atomic E-state index is 0.976. The second kappa shape index (κ2) is 13.6. The van der Waals surface area contributed by atoms with Crippen molar-refractivity contribution in [1.82, 2.24) is 0 Å². The zero-order valence-corrected chi connectivity index (χ0v) is 18.2. The third kappa shape index (κ3) is 8.96. The molecule has 0 saturated heterocycles. The Hall–Kier alpha value is -0.700. The van der Waals surface area contributed by atoms with Crippen molar-refractivity contribution < 1.29 is 0 Å². The summed E-state index contributed by atoms with van der Waals surface area (Å²) in [6.07, 6.45) is 12.1. The lowest BCUT2D eigenvalue weighted by atomic mass is 10.1. The van der Waals surface area contributed by atoms with E-state index in [9.17, 15) is 0 Å². The Morgan fingerprint density at radius 3 is 1.46 bits per heavy atom. The summed E-state index contributed by atoms with van der Waals surface area (Å²) in [6, 6.07) is 4.15. The lowest BCUT2D eigenvalue weighted by Crippen LogP contribution is -1.84. The highest BCUT2D eigenvalue weighted by atomic mass is 79.9. The van der Waals surface area contributed by atoms with E-state index >= 15 is 0 Å². The molecular weight excluding hydrogens is 424 g/mol. The summed E-state index contributed by atoms with van der Waals surface area (Å²) in [5.41, 5.74) is 2.07. The van der Waals surface area contributed by atoms with Crippen LogP contribution in [-0.2, 0) is 0 Å². The molecule has 0 saturated carbocycles. The van der Waals surface area contributed by atoms with Crippen LogP contribution in [0.5, 0.6) is 0 Å². The summed E-state index contributed by atoms with van der Waals surface area (Å²) < 4.78 is 2.06. The quantitative estimate of drug-likeness (QED) is 0.278. The third-order valence-corrected chi connectivity index (χ3v) is 5.13. The molecule has 0 fully saturated rings. The molecule has 0 heterocycles. The van der Waals surface area contributed by atoms with Gasteiger partial charge in [-0.25, -0.2) is 0 Å². The van der Waals surface area contributed by atoms with Gasteiger partial charge in [-0.3, -0.25) is 0 Å². The van der Waals surface area contributed by atoms with Gasteiger partial charge in [0.1, 0.15) is 0 Å². The van der Waals surface area contributed by atoms with E-state index in [-0.39, 0.29) is 0 Å². The fourth-order valence-electron chi connectivity index (χ4n) is 2.33. The zero-order chi connectivity index (χ0) is 17.6. The molecule has 1 aromatic rings. The summed E-state index contributed by atoms with van der Waals surface area (Å²) in [5.74, 6) is 13.1. The van der Waals surface area contributed by atoms with Crippen LogP contribution in [-0.4, -0.2) is 0 Å². The minimum absolute atomic E-state index is 0.976. The van der Waals surface area contributed by atoms with E-state index in [1.807, 2.05) is 0 Å². The summed E-state index contributed by atoms with van der Waals surface area (Å²) in [6.45, 7) is 4.46. The Morgan fingerprint density at radius 1 is 0.667 bits per heavy atom. The van der Waals surface area contributed by atoms with Crippen LogP contribution in [0.25, 0.3) is 0 Å². The number of benzene rings is 1. The lowest BCUT2D eigenvalue weighted by Gasteiger charge is -2.01. The van der Waals surface area contributed by atoms with E-state index < -0.39 is 0 Å². The van der Waals surface area contributed by atoms with Crippen LogP contribution in [0.3, 0.4) is 0 Å². The molecule has 0 aliphatic heterocycles. The van der Waals surface area contributed by atoms with Crippen LogP contribution in [0, 0.1) is 23.7 Å². The molecule has 2 heteroatoms. The van der Waals surface area contributed by atoms with E-state index in [2.05, 4.69) is 81.5 Å². The summed E-state index contributed by atoms with van der Waals surface area (Å²) in [5, 5.41) is 0. The topological polar surface area (TPSA) is 0 Å².